The van der Waals surface area contributed by atoms with Crippen molar-refractivity contribution in [1.29, 1.82) is 0 Å². The van der Waals surface area contributed by atoms with E-state index >= 15 is 0 Å². The maximum atomic E-state index is 12.8. The number of hydrogen-bond donors (Lipinski definition) is 0. The average Bonchev–Trinajstić information content (AvgIpc) is 2.85. The summed E-state index contributed by atoms with van der Waals surface area (Å²) < 4.78 is 0. The molecule has 0 amide bonds. The van der Waals surface area contributed by atoms with Crippen LogP contribution in [0.15, 0.2) is 0 Å². The van der Waals surface area contributed by atoms with E-state index in [0.29, 0.717) is 17.3 Å². The second-order valence-electron chi connectivity index (χ2n) is 12.3. The van der Waals surface area contributed by atoms with Crippen LogP contribution in [-0.2, 0) is 4.79 Å². The lowest BCUT2D eigenvalue weighted by Gasteiger charge is -2.53. The molecule has 0 N–H and O–H groups in total. The van der Waals surface area contributed by atoms with E-state index in [9.17, 15) is 4.79 Å². The fraction of sp³-hybridized carbons (Fsp3) is 0.968. The highest BCUT2D eigenvalue weighted by Gasteiger charge is 2.49. The van der Waals surface area contributed by atoms with Crippen LogP contribution in [0.1, 0.15) is 155 Å². The molecule has 0 heterocycles. The Hall–Kier alpha value is -0.330. The normalized spacial score (nSPS) is 33.1. The first-order valence-electron chi connectivity index (χ1n) is 15.2. The van der Waals surface area contributed by atoms with Crippen LogP contribution in [0.25, 0.3) is 0 Å². The van der Waals surface area contributed by atoms with E-state index < -0.39 is 0 Å². The Bertz CT molecular complexity index is 489. The van der Waals surface area contributed by atoms with Crippen LogP contribution in [0.5, 0.6) is 0 Å². The Kier molecular flexibility index (Phi) is 11.6. The van der Waals surface area contributed by atoms with Gasteiger partial charge >= 0.3 is 0 Å². The van der Waals surface area contributed by atoms with Crippen LogP contribution in [0, 0.1) is 35.0 Å². The van der Waals surface area contributed by atoms with E-state index in [-0.39, 0.29) is 0 Å². The van der Waals surface area contributed by atoms with Crippen molar-refractivity contribution in [2.75, 3.05) is 0 Å². The first-order valence-corrected chi connectivity index (χ1v) is 15.2. The molecular formula is C31H56O. The van der Waals surface area contributed by atoms with Crippen LogP contribution in [0.4, 0.5) is 0 Å². The molecule has 186 valence electrons. The van der Waals surface area contributed by atoms with Gasteiger partial charge in [0.25, 0.3) is 0 Å². The topological polar surface area (TPSA) is 17.1 Å². The fourth-order valence-electron chi connectivity index (χ4n) is 8.28. The van der Waals surface area contributed by atoms with Gasteiger partial charge in [-0.3, -0.25) is 0 Å². The first-order chi connectivity index (χ1) is 15.7. The number of carbonyl (C=O) groups is 1. The molecular weight excluding hydrogens is 388 g/mol. The lowest BCUT2D eigenvalue weighted by atomic mass is 9.51. The number of hydrogen-bond acceptors (Lipinski definition) is 1. The van der Waals surface area contributed by atoms with Crippen molar-refractivity contribution in [3.8, 4) is 0 Å². The van der Waals surface area contributed by atoms with Gasteiger partial charge in [-0.25, -0.2) is 0 Å². The SMILES string of the molecule is CCCCCCCC1CCC(C(C=O)C2(C3CCCCC3)CCC(CCCC)CC2)CC1. The zero-order valence-corrected chi connectivity index (χ0v) is 21.9. The zero-order chi connectivity index (χ0) is 22.7. The molecule has 1 heteroatoms. The van der Waals surface area contributed by atoms with Gasteiger partial charge in [0.1, 0.15) is 6.29 Å². The number of carbonyl (C=O) groups excluding carboxylic acids is 1. The Morgan fingerprint density at radius 1 is 0.688 bits per heavy atom. The zero-order valence-electron chi connectivity index (χ0n) is 21.9. The molecule has 0 bridgehead atoms. The van der Waals surface area contributed by atoms with Gasteiger partial charge in [0.05, 0.1) is 0 Å². The summed E-state index contributed by atoms with van der Waals surface area (Å²) in [4.78, 5) is 12.8. The molecule has 3 fully saturated rings. The standard InChI is InChI=1S/C31H56O/c1-3-5-7-8-10-14-26-17-19-28(20-18-26)30(25-32)31(29-15-11-9-12-16-29)23-21-27(22-24-31)13-6-4-2/h25-30H,3-24H2,1-2H3. The van der Waals surface area contributed by atoms with Crippen LogP contribution in [0.3, 0.4) is 0 Å². The molecule has 1 unspecified atom stereocenters. The summed E-state index contributed by atoms with van der Waals surface area (Å²) in [5.74, 6) is 3.80. The van der Waals surface area contributed by atoms with Gasteiger partial charge < -0.3 is 4.79 Å². The van der Waals surface area contributed by atoms with Crippen molar-refractivity contribution >= 4 is 6.29 Å². The summed E-state index contributed by atoms with van der Waals surface area (Å²) in [5, 5.41) is 0. The maximum Gasteiger partial charge on any atom is 0.123 e. The molecule has 3 saturated carbocycles. The third-order valence-corrected chi connectivity index (χ3v) is 10.3. The maximum absolute atomic E-state index is 12.8. The largest absolute Gasteiger partial charge is 0.303 e. The summed E-state index contributed by atoms with van der Waals surface area (Å²) in [6.07, 6.45) is 32.4. The van der Waals surface area contributed by atoms with Crippen molar-refractivity contribution in [2.24, 2.45) is 35.0 Å². The van der Waals surface area contributed by atoms with Crippen molar-refractivity contribution in [3.05, 3.63) is 0 Å². The Balaban J connectivity index is 1.58. The van der Waals surface area contributed by atoms with Gasteiger partial charge in [-0.1, -0.05) is 104 Å². The summed E-state index contributed by atoms with van der Waals surface area (Å²) in [5.41, 5.74) is 0.364. The monoisotopic (exact) mass is 444 g/mol. The molecule has 0 aromatic rings. The lowest BCUT2D eigenvalue weighted by Crippen LogP contribution is -2.46. The molecule has 0 aliphatic heterocycles. The second-order valence-corrected chi connectivity index (χ2v) is 12.3. The summed E-state index contributed by atoms with van der Waals surface area (Å²) >= 11 is 0. The van der Waals surface area contributed by atoms with E-state index in [4.69, 9.17) is 0 Å². The third kappa shape index (κ3) is 7.09. The molecule has 0 aromatic carbocycles. The minimum atomic E-state index is 0.364. The molecule has 1 nitrogen and oxygen atoms in total. The smallest absolute Gasteiger partial charge is 0.123 e. The molecule has 0 aromatic heterocycles. The Labute approximate surface area is 201 Å². The van der Waals surface area contributed by atoms with Crippen LogP contribution >= 0.6 is 0 Å². The van der Waals surface area contributed by atoms with Crippen LogP contribution in [-0.4, -0.2) is 6.29 Å². The van der Waals surface area contributed by atoms with Crippen molar-refractivity contribution in [2.45, 2.75) is 155 Å². The molecule has 3 aliphatic rings. The van der Waals surface area contributed by atoms with Gasteiger partial charge in [0, 0.05) is 5.92 Å². The third-order valence-electron chi connectivity index (χ3n) is 10.3. The summed E-state index contributed by atoms with van der Waals surface area (Å²) in [6.45, 7) is 4.64. The average molecular weight is 445 g/mol. The predicted molar refractivity (Wildman–Crippen MR) is 139 cm³/mol. The van der Waals surface area contributed by atoms with E-state index in [1.54, 1.807) is 0 Å². The summed E-state index contributed by atoms with van der Waals surface area (Å²) in [6, 6.07) is 0. The predicted octanol–water partition coefficient (Wildman–Crippen LogP) is 9.92. The van der Waals surface area contributed by atoms with Gasteiger partial charge in [-0.2, -0.15) is 0 Å². The van der Waals surface area contributed by atoms with Gasteiger partial charge in [0.15, 0.2) is 0 Å². The molecule has 32 heavy (non-hydrogen) atoms. The minimum absolute atomic E-state index is 0.364. The van der Waals surface area contributed by atoms with E-state index in [2.05, 4.69) is 13.8 Å². The van der Waals surface area contributed by atoms with Gasteiger partial charge in [-0.05, 0) is 80.5 Å². The van der Waals surface area contributed by atoms with Crippen molar-refractivity contribution in [1.82, 2.24) is 0 Å². The minimum Gasteiger partial charge on any atom is -0.303 e. The van der Waals surface area contributed by atoms with Gasteiger partial charge in [-0.15, -0.1) is 0 Å². The molecule has 1 atom stereocenters. The number of aldehydes is 1. The highest BCUT2D eigenvalue weighted by molar-refractivity contribution is 5.56. The highest BCUT2D eigenvalue weighted by Crippen LogP contribution is 2.57. The molecule has 0 saturated heterocycles. The molecule has 3 rings (SSSR count). The summed E-state index contributed by atoms with van der Waals surface area (Å²) in [7, 11) is 0. The quantitative estimate of drug-likeness (QED) is 0.204. The first kappa shape index (κ1) is 26.3. The van der Waals surface area contributed by atoms with E-state index in [0.717, 1.165) is 17.8 Å². The highest BCUT2D eigenvalue weighted by atomic mass is 16.1. The second kappa shape index (κ2) is 14.2. The Morgan fingerprint density at radius 3 is 1.91 bits per heavy atom. The van der Waals surface area contributed by atoms with E-state index in [1.807, 2.05) is 0 Å². The van der Waals surface area contributed by atoms with Crippen LogP contribution in [0.2, 0.25) is 0 Å². The lowest BCUT2D eigenvalue weighted by molar-refractivity contribution is -0.125. The molecule has 0 spiro atoms. The molecule has 3 aliphatic carbocycles. The molecule has 0 radical (unpaired) electrons. The van der Waals surface area contributed by atoms with Crippen LogP contribution < -0.4 is 0 Å². The van der Waals surface area contributed by atoms with Crippen molar-refractivity contribution in [3.63, 3.8) is 0 Å². The number of unbranched alkanes of at least 4 members (excludes halogenated alkanes) is 5. The number of rotatable bonds is 13. The fourth-order valence-corrected chi connectivity index (χ4v) is 8.28. The van der Waals surface area contributed by atoms with Crippen molar-refractivity contribution < 1.29 is 4.79 Å². The van der Waals surface area contributed by atoms with Gasteiger partial charge in [0.2, 0.25) is 0 Å². The Morgan fingerprint density at radius 2 is 1.28 bits per heavy atom. The van der Waals surface area contributed by atoms with E-state index in [1.165, 1.54) is 148 Å².